The van der Waals surface area contributed by atoms with Crippen molar-refractivity contribution in [2.24, 2.45) is 11.8 Å². The van der Waals surface area contributed by atoms with Crippen LogP contribution in [-0.2, 0) is 12.0 Å². The lowest BCUT2D eigenvalue weighted by Crippen LogP contribution is -2.48. The fourth-order valence-electron chi connectivity index (χ4n) is 4.12. The molecule has 0 bridgehead atoms. The third kappa shape index (κ3) is 3.37. The maximum atomic E-state index is 4.58. The Balaban J connectivity index is 2.34. The molecule has 4 heteroatoms. The van der Waals surface area contributed by atoms with Crippen molar-refractivity contribution in [3.8, 4) is 0 Å². The molecule has 0 spiro atoms. The summed E-state index contributed by atoms with van der Waals surface area (Å²) < 4.78 is 3.36. The van der Waals surface area contributed by atoms with Crippen molar-refractivity contribution in [3.05, 3.63) is 16.4 Å². The van der Waals surface area contributed by atoms with Crippen molar-refractivity contribution in [2.75, 3.05) is 7.05 Å². The predicted octanol–water partition coefficient (Wildman–Crippen LogP) is 4.36. The van der Waals surface area contributed by atoms with Gasteiger partial charge in [0.25, 0.3) is 0 Å². The van der Waals surface area contributed by atoms with Gasteiger partial charge in [-0.3, -0.25) is 4.68 Å². The topological polar surface area (TPSA) is 29.9 Å². The van der Waals surface area contributed by atoms with E-state index in [1.54, 1.807) is 0 Å². The molecule has 3 unspecified atom stereocenters. The van der Waals surface area contributed by atoms with E-state index in [9.17, 15) is 0 Å². The summed E-state index contributed by atoms with van der Waals surface area (Å²) >= 11 is 3.74. The van der Waals surface area contributed by atoms with Crippen molar-refractivity contribution >= 4 is 15.9 Å². The minimum absolute atomic E-state index is 0.123. The molecule has 1 aliphatic carbocycles. The molecular formula is C17H30BrN3. The zero-order chi connectivity index (χ0) is 15.6. The number of aromatic nitrogens is 2. The first-order valence-corrected chi connectivity index (χ1v) is 9.10. The smallest absolute Gasteiger partial charge is 0.0635 e. The molecule has 0 aromatic carbocycles. The van der Waals surface area contributed by atoms with E-state index in [0.29, 0.717) is 12.0 Å². The van der Waals surface area contributed by atoms with E-state index in [1.165, 1.54) is 25.0 Å². The van der Waals surface area contributed by atoms with Crippen LogP contribution in [-0.4, -0.2) is 22.9 Å². The summed E-state index contributed by atoms with van der Waals surface area (Å²) in [6.07, 6.45) is 7.00. The van der Waals surface area contributed by atoms with E-state index in [2.05, 4.69) is 65.8 Å². The molecule has 3 nitrogen and oxygen atoms in total. The Morgan fingerprint density at radius 3 is 2.76 bits per heavy atom. The van der Waals surface area contributed by atoms with Gasteiger partial charge in [0.15, 0.2) is 0 Å². The summed E-state index contributed by atoms with van der Waals surface area (Å²) in [5, 5.41) is 8.16. The fraction of sp³-hybridized carbons (Fsp3) is 0.824. The van der Waals surface area contributed by atoms with Crippen molar-refractivity contribution in [1.82, 2.24) is 15.1 Å². The highest BCUT2D eigenvalue weighted by molar-refractivity contribution is 9.10. The normalized spacial score (nSPS) is 27.0. The van der Waals surface area contributed by atoms with Gasteiger partial charge in [-0.05, 0) is 54.1 Å². The second kappa shape index (κ2) is 6.82. The second-order valence-corrected chi connectivity index (χ2v) is 8.06. The second-order valence-electron chi connectivity index (χ2n) is 7.21. The van der Waals surface area contributed by atoms with Crippen LogP contribution in [0.1, 0.15) is 59.1 Å². The monoisotopic (exact) mass is 355 g/mol. The summed E-state index contributed by atoms with van der Waals surface area (Å²) in [5.74, 6) is 1.49. The average Bonchev–Trinajstić information content (AvgIpc) is 2.80. The van der Waals surface area contributed by atoms with Crippen LogP contribution < -0.4 is 5.32 Å². The van der Waals surface area contributed by atoms with Crippen molar-refractivity contribution in [1.29, 1.82) is 0 Å². The Hall–Kier alpha value is -0.350. The molecule has 1 N–H and O–H groups in total. The molecule has 0 radical (unpaired) electrons. The maximum Gasteiger partial charge on any atom is 0.0635 e. The minimum atomic E-state index is 0.123. The lowest BCUT2D eigenvalue weighted by Gasteiger charge is -2.44. The highest BCUT2D eigenvalue weighted by Crippen LogP contribution is 2.44. The van der Waals surface area contributed by atoms with Crippen LogP contribution in [0.15, 0.2) is 10.7 Å². The molecule has 2 rings (SSSR count). The molecular weight excluding hydrogens is 326 g/mol. The first kappa shape index (κ1) is 17.0. The van der Waals surface area contributed by atoms with Crippen LogP contribution in [0.4, 0.5) is 0 Å². The molecule has 1 aliphatic rings. The fourth-order valence-corrected chi connectivity index (χ4v) is 4.93. The highest BCUT2D eigenvalue weighted by atomic mass is 79.9. The average molecular weight is 356 g/mol. The molecule has 0 saturated heterocycles. The zero-order valence-corrected chi connectivity index (χ0v) is 15.7. The molecule has 0 amide bonds. The van der Waals surface area contributed by atoms with Crippen molar-refractivity contribution in [3.63, 3.8) is 0 Å². The van der Waals surface area contributed by atoms with E-state index < -0.39 is 0 Å². The molecule has 1 aromatic heterocycles. The van der Waals surface area contributed by atoms with Gasteiger partial charge in [0, 0.05) is 18.0 Å². The van der Waals surface area contributed by atoms with Crippen molar-refractivity contribution in [2.45, 2.75) is 71.4 Å². The van der Waals surface area contributed by atoms with Crippen molar-refractivity contribution < 1.29 is 0 Å². The zero-order valence-electron chi connectivity index (χ0n) is 14.1. The van der Waals surface area contributed by atoms with Crippen LogP contribution in [0.2, 0.25) is 0 Å². The minimum Gasteiger partial charge on any atom is -0.317 e. The van der Waals surface area contributed by atoms with E-state index in [1.807, 2.05) is 6.20 Å². The number of hydrogen-bond donors (Lipinski definition) is 1. The van der Waals surface area contributed by atoms with Gasteiger partial charge in [-0.1, -0.05) is 34.1 Å². The summed E-state index contributed by atoms with van der Waals surface area (Å²) in [6, 6.07) is 0.598. The quantitative estimate of drug-likeness (QED) is 0.850. The van der Waals surface area contributed by atoms with Crippen LogP contribution in [0.5, 0.6) is 0 Å². The number of aryl methyl sites for hydroxylation is 1. The largest absolute Gasteiger partial charge is 0.317 e. The lowest BCUT2D eigenvalue weighted by atomic mass is 9.65. The van der Waals surface area contributed by atoms with E-state index >= 15 is 0 Å². The first-order valence-electron chi connectivity index (χ1n) is 8.30. The Morgan fingerprint density at radius 2 is 2.14 bits per heavy atom. The van der Waals surface area contributed by atoms with Crippen LogP contribution in [0.3, 0.4) is 0 Å². The number of halogens is 1. The number of rotatable bonds is 5. The number of nitrogens with zero attached hydrogens (tertiary/aromatic N) is 2. The van der Waals surface area contributed by atoms with Gasteiger partial charge in [0.1, 0.15) is 0 Å². The standard InChI is InChI=1S/C17H30BrN3/c1-6-9-21-16(14(18)11-20-21)17(3,4)13-8-7-12(2)10-15(13)19-5/h11-13,15,19H,6-10H2,1-5H3. The molecule has 120 valence electrons. The number of nitrogens with one attached hydrogen (secondary N) is 1. The van der Waals surface area contributed by atoms with Gasteiger partial charge in [-0.2, -0.15) is 5.10 Å². The van der Waals surface area contributed by atoms with Gasteiger partial charge < -0.3 is 5.32 Å². The first-order chi connectivity index (χ1) is 9.91. The molecule has 0 aliphatic heterocycles. The summed E-state index contributed by atoms with van der Waals surface area (Å²) in [6.45, 7) is 10.4. The number of hydrogen-bond acceptors (Lipinski definition) is 2. The Kier molecular flexibility index (Phi) is 5.53. The van der Waals surface area contributed by atoms with E-state index in [0.717, 1.165) is 23.4 Å². The van der Waals surface area contributed by atoms with Gasteiger partial charge in [0.2, 0.25) is 0 Å². The van der Waals surface area contributed by atoms with Gasteiger partial charge in [-0.15, -0.1) is 0 Å². The molecule has 3 atom stereocenters. The van der Waals surface area contributed by atoms with Gasteiger partial charge in [0.05, 0.1) is 16.4 Å². The van der Waals surface area contributed by atoms with Crippen LogP contribution >= 0.6 is 15.9 Å². The van der Waals surface area contributed by atoms with Gasteiger partial charge in [-0.25, -0.2) is 0 Å². The maximum absolute atomic E-state index is 4.58. The molecule has 1 aromatic rings. The third-order valence-electron chi connectivity index (χ3n) is 5.25. The third-order valence-corrected chi connectivity index (χ3v) is 5.83. The molecule has 1 fully saturated rings. The molecule has 1 saturated carbocycles. The Bertz CT molecular complexity index is 467. The SMILES string of the molecule is CCCn1ncc(Br)c1C(C)(C)C1CCC(C)CC1NC. The van der Waals surface area contributed by atoms with E-state index in [-0.39, 0.29) is 5.41 Å². The van der Waals surface area contributed by atoms with Crippen LogP contribution in [0, 0.1) is 11.8 Å². The Morgan fingerprint density at radius 1 is 1.43 bits per heavy atom. The lowest BCUT2D eigenvalue weighted by molar-refractivity contribution is 0.144. The summed E-state index contributed by atoms with van der Waals surface area (Å²) in [5.41, 5.74) is 1.49. The highest BCUT2D eigenvalue weighted by Gasteiger charge is 2.42. The van der Waals surface area contributed by atoms with Gasteiger partial charge >= 0.3 is 0 Å². The Labute approximate surface area is 138 Å². The predicted molar refractivity (Wildman–Crippen MR) is 92.6 cm³/mol. The van der Waals surface area contributed by atoms with E-state index in [4.69, 9.17) is 0 Å². The summed E-state index contributed by atoms with van der Waals surface area (Å²) in [4.78, 5) is 0. The summed E-state index contributed by atoms with van der Waals surface area (Å²) in [7, 11) is 2.12. The van der Waals surface area contributed by atoms with Crippen LogP contribution in [0.25, 0.3) is 0 Å². The molecule has 1 heterocycles. The molecule has 21 heavy (non-hydrogen) atoms.